The molecule has 3 amide bonds. The summed E-state index contributed by atoms with van der Waals surface area (Å²) in [6.45, 7) is 1.86. The van der Waals surface area contributed by atoms with Crippen LogP contribution >= 0.6 is 0 Å². The summed E-state index contributed by atoms with van der Waals surface area (Å²) >= 11 is 0. The first-order chi connectivity index (χ1) is 12.4. The Morgan fingerprint density at radius 2 is 1.81 bits per heavy atom. The van der Waals surface area contributed by atoms with Crippen molar-refractivity contribution in [3.8, 4) is 0 Å². The van der Waals surface area contributed by atoms with Crippen molar-refractivity contribution in [2.75, 3.05) is 13.6 Å². The van der Waals surface area contributed by atoms with Crippen LogP contribution in [-0.2, 0) is 20.8 Å². The number of nitrogens with zero attached hydrogens (tertiary/aromatic N) is 1. The van der Waals surface area contributed by atoms with Crippen LogP contribution in [0.3, 0.4) is 0 Å². The molecule has 0 aliphatic carbocycles. The third-order valence-electron chi connectivity index (χ3n) is 4.33. The molecule has 0 aromatic heterocycles. The quantitative estimate of drug-likeness (QED) is 0.753. The minimum absolute atomic E-state index is 0.0495. The summed E-state index contributed by atoms with van der Waals surface area (Å²) in [5.74, 6) is -1.02. The zero-order valence-electron chi connectivity index (χ0n) is 15.2. The van der Waals surface area contributed by atoms with Crippen molar-refractivity contribution in [3.63, 3.8) is 0 Å². The molecule has 2 rings (SSSR count). The predicted octanol–water partition coefficient (Wildman–Crippen LogP) is 1.61. The summed E-state index contributed by atoms with van der Waals surface area (Å²) < 4.78 is 0. The second kappa shape index (κ2) is 8.99. The van der Waals surface area contributed by atoms with E-state index in [4.69, 9.17) is 5.73 Å². The Labute approximate surface area is 153 Å². The number of benzene rings is 2. The first-order valence-electron chi connectivity index (χ1n) is 8.65. The smallest absolute Gasteiger partial charge is 0.244 e. The molecular formula is C20H25N3O3. The summed E-state index contributed by atoms with van der Waals surface area (Å²) in [6.07, 6.45) is 0.951. The van der Waals surface area contributed by atoms with Gasteiger partial charge in [0.2, 0.25) is 17.7 Å². The first-order valence-corrected chi connectivity index (χ1v) is 8.65. The maximum atomic E-state index is 12.6. The Morgan fingerprint density at radius 1 is 1.12 bits per heavy atom. The van der Waals surface area contributed by atoms with Crippen molar-refractivity contribution in [1.29, 1.82) is 0 Å². The Kier molecular flexibility index (Phi) is 6.72. The summed E-state index contributed by atoms with van der Waals surface area (Å²) in [6, 6.07) is 13.5. The van der Waals surface area contributed by atoms with Crippen molar-refractivity contribution in [2.45, 2.75) is 32.2 Å². The van der Waals surface area contributed by atoms with Crippen molar-refractivity contribution in [3.05, 3.63) is 48.0 Å². The van der Waals surface area contributed by atoms with Gasteiger partial charge in [0.05, 0.1) is 0 Å². The molecule has 0 heterocycles. The monoisotopic (exact) mass is 355 g/mol. The number of hydrogen-bond acceptors (Lipinski definition) is 3. The normalized spacial score (nSPS) is 11.8. The lowest BCUT2D eigenvalue weighted by molar-refractivity contribution is -0.135. The number of carbonyl (C=O) groups is 3. The van der Waals surface area contributed by atoms with E-state index in [1.165, 1.54) is 12.3 Å². The highest BCUT2D eigenvalue weighted by molar-refractivity contribution is 5.88. The van der Waals surface area contributed by atoms with Crippen LogP contribution in [0.15, 0.2) is 42.5 Å². The minimum Gasteiger partial charge on any atom is -0.370 e. The van der Waals surface area contributed by atoms with Crippen LogP contribution in [0.25, 0.3) is 10.8 Å². The molecule has 2 aromatic carbocycles. The van der Waals surface area contributed by atoms with Gasteiger partial charge >= 0.3 is 0 Å². The fraction of sp³-hybridized carbons (Fsp3) is 0.350. The van der Waals surface area contributed by atoms with Gasteiger partial charge in [0.25, 0.3) is 0 Å². The van der Waals surface area contributed by atoms with Crippen molar-refractivity contribution in [2.24, 2.45) is 5.73 Å². The average Bonchev–Trinajstić information content (AvgIpc) is 2.62. The highest BCUT2D eigenvalue weighted by Gasteiger charge is 2.23. The van der Waals surface area contributed by atoms with Gasteiger partial charge in [0.1, 0.15) is 6.04 Å². The van der Waals surface area contributed by atoms with Crippen LogP contribution in [0.4, 0.5) is 0 Å². The van der Waals surface area contributed by atoms with E-state index in [0.29, 0.717) is 13.0 Å². The summed E-state index contributed by atoms with van der Waals surface area (Å²) in [4.78, 5) is 36.6. The van der Waals surface area contributed by atoms with Crippen LogP contribution in [0.1, 0.15) is 25.3 Å². The molecule has 0 aliphatic rings. The molecule has 0 aliphatic heterocycles. The standard InChI is InChI=1S/C20H25N3O3/c1-14(24)22-18(10-11-19(21)25)20(26)23(2)13-12-16-8-5-7-15-6-3-4-9-17(15)16/h3-9,18H,10-13H2,1-2H3,(H2,21,25)(H,22,24). The second-order valence-electron chi connectivity index (χ2n) is 6.41. The summed E-state index contributed by atoms with van der Waals surface area (Å²) in [5, 5.41) is 4.94. The van der Waals surface area contributed by atoms with E-state index >= 15 is 0 Å². The highest BCUT2D eigenvalue weighted by atomic mass is 16.2. The molecule has 0 bridgehead atoms. The van der Waals surface area contributed by atoms with Gasteiger partial charge in [-0.2, -0.15) is 0 Å². The molecule has 0 saturated carbocycles. The molecule has 6 heteroatoms. The van der Waals surface area contributed by atoms with Crippen molar-refractivity contribution >= 4 is 28.5 Å². The Hall–Kier alpha value is -2.89. The van der Waals surface area contributed by atoms with Crippen LogP contribution in [-0.4, -0.2) is 42.3 Å². The predicted molar refractivity (Wildman–Crippen MR) is 101 cm³/mol. The molecule has 0 radical (unpaired) electrons. The summed E-state index contributed by atoms with van der Waals surface area (Å²) in [7, 11) is 1.70. The van der Waals surface area contributed by atoms with E-state index in [1.54, 1.807) is 11.9 Å². The van der Waals surface area contributed by atoms with Crippen LogP contribution in [0, 0.1) is 0 Å². The van der Waals surface area contributed by atoms with Crippen LogP contribution in [0.2, 0.25) is 0 Å². The van der Waals surface area contributed by atoms with E-state index in [-0.39, 0.29) is 24.7 Å². The molecular weight excluding hydrogens is 330 g/mol. The van der Waals surface area contributed by atoms with Gasteiger partial charge in [-0.1, -0.05) is 42.5 Å². The maximum absolute atomic E-state index is 12.6. The van der Waals surface area contributed by atoms with E-state index in [2.05, 4.69) is 29.6 Å². The number of likely N-dealkylation sites (N-methyl/N-ethyl adjacent to an activating group) is 1. The van der Waals surface area contributed by atoms with E-state index in [9.17, 15) is 14.4 Å². The number of nitrogens with one attached hydrogen (secondary N) is 1. The number of rotatable bonds is 8. The van der Waals surface area contributed by atoms with Gasteiger partial charge in [0.15, 0.2) is 0 Å². The maximum Gasteiger partial charge on any atom is 0.244 e. The first kappa shape index (κ1) is 19.4. The van der Waals surface area contributed by atoms with Gasteiger partial charge in [0, 0.05) is 26.9 Å². The minimum atomic E-state index is -0.738. The number of carbonyl (C=O) groups excluding carboxylic acids is 3. The second-order valence-corrected chi connectivity index (χ2v) is 6.41. The number of hydrogen-bond donors (Lipinski definition) is 2. The lowest BCUT2D eigenvalue weighted by atomic mass is 10.0. The number of amides is 3. The van der Waals surface area contributed by atoms with E-state index < -0.39 is 11.9 Å². The number of fused-ring (bicyclic) bond motifs is 1. The molecule has 0 spiro atoms. The van der Waals surface area contributed by atoms with Gasteiger partial charge in [-0.05, 0) is 29.2 Å². The third kappa shape index (κ3) is 5.31. The number of nitrogens with two attached hydrogens (primary N) is 1. The Balaban J connectivity index is 2.04. The number of primary amides is 1. The van der Waals surface area contributed by atoms with Crippen molar-refractivity contribution < 1.29 is 14.4 Å². The molecule has 2 aromatic rings. The average molecular weight is 355 g/mol. The highest BCUT2D eigenvalue weighted by Crippen LogP contribution is 2.19. The molecule has 1 unspecified atom stereocenters. The zero-order chi connectivity index (χ0) is 19.1. The fourth-order valence-corrected chi connectivity index (χ4v) is 2.96. The largest absolute Gasteiger partial charge is 0.370 e. The lowest BCUT2D eigenvalue weighted by Crippen LogP contribution is -2.47. The molecule has 6 nitrogen and oxygen atoms in total. The molecule has 0 saturated heterocycles. The Morgan fingerprint density at radius 3 is 2.50 bits per heavy atom. The van der Waals surface area contributed by atoms with E-state index in [1.807, 2.05) is 18.2 Å². The van der Waals surface area contributed by atoms with Gasteiger partial charge in [-0.25, -0.2) is 0 Å². The van der Waals surface area contributed by atoms with Gasteiger partial charge in [-0.15, -0.1) is 0 Å². The summed E-state index contributed by atoms with van der Waals surface area (Å²) in [5.41, 5.74) is 6.32. The third-order valence-corrected chi connectivity index (χ3v) is 4.33. The van der Waals surface area contributed by atoms with E-state index in [0.717, 1.165) is 10.9 Å². The Bertz CT molecular complexity index is 798. The molecule has 1 atom stereocenters. The molecule has 26 heavy (non-hydrogen) atoms. The lowest BCUT2D eigenvalue weighted by Gasteiger charge is -2.24. The fourth-order valence-electron chi connectivity index (χ4n) is 2.96. The van der Waals surface area contributed by atoms with Crippen molar-refractivity contribution in [1.82, 2.24) is 10.2 Å². The zero-order valence-corrected chi connectivity index (χ0v) is 15.2. The van der Waals surface area contributed by atoms with Crippen LogP contribution < -0.4 is 11.1 Å². The molecule has 138 valence electrons. The van der Waals surface area contributed by atoms with Gasteiger partial charge < -0.3 is 16.0 Å². The topological polar surface area (TPSA) is 92.5 Å². The molecule has 3 N–H and O–H groups in total. The molecule has 0 fully saturated rings. The van der Waals surface area contributed by atoms with Gasteiger partial charge in [-0.3, -0.25) is 14.4 Å². The SMILES string of the molecule is CC(=O)NC(CCC(N)=O)C(=O)N(C)CCc1cccc2ccccc12. The van der Waals surface area contributed by atoms with Crippen LogP contribution in [0.5, 0.6) is 0 Å².